The van der Waals surface area contributed by atoms with Crippen molar-refractivity contribution in [3.05, 3.63) is 12.7 Å². The van der Waals surface area contributed by atoms with Crippen molar-refractivity contribution in [1.82, 2.24) is 29.7 Å². The predicted molar refractivity (Wildman–Crippen MR) is 64.3 cm³/mol. The Labute approximate surface area is 104 Å². The van der Waals surface area contributed by atoms with Crippen molar-refractivity contribution in [1.29, 1.82) is 0 Å². The maximum atomic E-state index is 5.65. The first-order valence-electron chi connectivity index (χ1n) is 5.27. The van der Waals surface area contributed by atoms with Crippen LogP contribution >= 0.6 is 0 Å². The molecule has 0 bridgehead atoms. The maximum absolute atomic E-state index is 5.65. The first-order chi connectivity index (χ1) is 8.70. The first-order valence-corrected chi connectivity index (χ1v) is 5.27. The summed E-state index contributed by atoms with van der Waals surface area (Å²) in [6.07, 6.45) is 2.89. The monoisotopic (exact) mass is 250 g/mol. The molecule has 18 heavy (non-hydrogen) atoms. The van der Waals surface area contributed by atoms with Crippen molar-refractivity contribution in [2.45, 2.75) is 0 Å². The van der Waals surface area contributed by atoms with Crippen molar-refractivity contribution in [3.8, 4) is 5.95 Å². The Bertz CT molecular complexity index is 499. The largest absolute Gasteiger partial charge is 0.383 e. The van der Waals surface area contributed by atoms with Gasteiger partial charge in [-0.2, -0.15) is 24.7 Å². The predicted octanol–water partition coefficient (Wildman–Crippen LogP) is -0.883. The zero-order valence-corrected chi connectivity index (χ0v) is 10.2. The van der Waals surface area contributed by atoms with E-state index in [-0.39, 0.29) is 5.95 Å². The molecule has 0 unspecified atom stereocenters. The fraction of sp³-hybridized carbons (Fsp3) is 0.444. The molecule has 0 atom stereocenters. The summed E-state index contributed by atoms with van der Waals surface area (Å²) in [6, 6.07) is 0. The van der Waals surface area contributed by atoms with Gasteiger partial charge in [-0.1, -0.05) is 0 Å². The van der Waals surface area contributed by atoms with Gasteiger partial charge in [0.05, 0.1) is 6.61 Å². The number of nitrogens with two attached hydrogens (primary N) is 1. The molecule has 0 aliphatic carbocycles. The summed E-state index contributed by atoms with van der Waals surface area (Å²) in [4.78, 5) is 18.0. The molecule has 2 rings (SSSR count). The van der Waals surface area contributed by atoms with Gasteiger partial charge in [-0.15, -0.1) is 0 Å². The van der Waals surface area contributed by atoms with Crippen LogP contribution in [0.15, 0.2) is 12.7 Å². The van der Waals surface area contributed by atoms with E-state index < -0.39 is 0 Å². The highest BCUT2D eigenvalue weighted by Crippen LogP contribution is 2.09. The Hall–Kier alpha value is -2.29. The second-order valence-electron chi connectivity index (χ2n) is 3.55. The Kier molecular flexibility index (Phi) is 3.63. The van der Waals surface area contributed by atoms with Crippen molar-refractivity contribution in [3.63, 3.8) is 0 Å². The lowest BCUT2D eigenvalue weighted by molar-refractivity contribution is 0.206. The molecular weight excluding hydrogens is 236 g/mol. The maximum Gasteiger partial charge on any atom is 0.258 e. The molecule has 0 amide bonds. The summed E-state index contributed by atoms with van der Waals surface area (Å²) < 4.78 is 6.42. The van der Waals surface area contributed by atoms with Gasteiger partial charge in [0, 0.05) is 20.7 Å². The van der Waals surface area contributed by atoms with Crippen LogP contribution in [0.5, 0.6) is 0 Å². The smallest absolute Gasteiger partial charge is 0.258 e. The number of nitrogens with zero attached hydrogens (tertiary/aromatic N) is 7. The Morgan fingerprint density at radius 3 is 2.89 bits per heavy atom. The highest BCUT2D eigenvalue weighted by molar-refractivity contribution is 5.36. The van der Waals surface area contributed by atoms with Gasteiger partial charge in [-0.25, -0.2) is 4.98 Å². The molecule has 0 aliphatic rings. The van der Waals surface area contributed by atoms with Gasteiger partial charge in [0.25, 0.3) is 5.95 Å². The Morgan fingerprint density at radius 2 is 2.22 bits per heavy atom. The quantitative estimate of drug-likeness (QED) is 0.728. The van der Waals surface area contributed by atoms with Crippen molar-refractivity contribution >= 4 is 11.9 Å². The van der Waals surface area contributed by atoms with E-state index in [1.54, 1.807) is 7.11 Å². The summed E-state index contributed by atoms with van der Waals surface area (Å²) in [5, 5.41) is 3.94. The third-order valence-corrected chi connectivity index (χ3v) is 2.23. The van der Waals surface area contributed by atoms with Gasteiger partial charge in [0.1, 0.15) is 12.7 Å². The zero-order chi connectivity index (χ0) is 13.0. The van der Waals surface area contributed by atoms with E-state index in [9.17, 15) is 0 Å². The van der Waals surface area contributed by atoms with Crippen molar-refractivity contribution in [2.24, 2.45) is 0 Å². The summed E-state index contributed by atoms with van der Waals surface area (Å²) in [5.41, 5.74) is 5.65. The van der Waals surface area contributed by atoms with Crippen LogP contribution in [0.4, 0.5) is 11.9 Å². The minimum absolute atomic E-state index is 0.134. The number of ether oxygens (including phenoxy) is 1. The van der Waals surface area contributed by atoms with Gasteiger partial charge in [0.15, 0.2) is 0 Å². The van der Waals surface area contributed by atoms with Crippen LogP contribution in [-0.2, 0) is 4.74 Å². The molecular formula is C9H14N8O. The minimum atomic E-state index is 0.134. The van der Waals surface area contributed by atoms with Crippen LogP contribution in [0.3, 0.4) is 0 Å². The molecule has 0 spiro atoms. The number of anilines is 2. The van der Waals surface area contributed by atoms with Crippen LogP contribution in [0.25, 0.3) is 5.95 Å². The number of rotatable bonds is 5. The fourth-order valence-corrected chi connectivity index (χ4v) is 1.28. The number of hydrogen-bond donors (Lipinski definition) is 1. The molecule has 0 aromatic carbocycles. The standard InChI is InChI=1S/C9H14N8O/c1-16(3-4-18-2)8-13-7(10)14-9(15-8)17-6-11-5-12-17/h5-6H,3-4H2,1-2H3,(H2,10,13,14,15). The summed E-state index contributed by atoms with van der Waals surface area (Å²) in [5.74, 6) is 0.930. The summed E-state index contributed by atoms with van der Waals surface area (Å²) in [7, 11) is 3.48. The SMILES string of the molecule is COCCN(C)c1nc(N)nc(-n2cncn2)n1. The van der Waals surface area contributed by atoms with Crippen LogP contribution in [0, 0.1) is 0 Å². The molecule has 0 radical (unpaired) electrons. The number of methoxy groups -OCH3 is 1. The van der Waals surface area contributed by atoms with Crippen molar-refractivity contribution < 1.29 is 4.74 Å². The summed E-state index contributed by atoms with van der Waals surface area (Å²) >= 11 is 0. The van der Waals surface area contributed by atoms with Crippen LogP contribution in [0.1, 0.15) is 0 Å². The van der Waals surface area contributed by atoms with Gasteiger partial charge in [0.2, 0.25) is 11.9 Å². The lowest BCUT2D eigenvalue weighted by Crippen LogP contribution is -2.25. The Balaban J connectivity index is 2.26. The normalized spacial score (nSPS) is 10.6. The second-order valence-corrected chi connectivity index (χ2v) is 3.55. The van der Waals surface area contributed by atoms with E-state index in [2.05, 4.69) is 25.0 Å². The number of aromatic nitrogens is 6. The molecule has 0 saturated carbocycles. The lowest BCUT2D eigenvalue weighted by Gasteiger charge is -2.16. The van der Waals surface area contributed by atoms with E-state index in [0.717, 1.165) is 0 Å². The lowest BCUT2D eigenvalue weighted by atomic mass is 10.6. The van der Waals surface area contributed by atoms with E-state index in [4.69, 9.17) is 10.5 Å². The van der Waals surface area contributed by atoms with Gasteiger partial charge in [-0.05, 0) is 0 Å². The van der Waals surface area contributed by atoms with Crippen molar-refractivity contribution in [2.75, 3.05) is 37.9 Å². The molecule has 0 fully saturated rings. The number of likely N-dealkylation sites (N-methyl/N-ethyl adjacent to an activating group) is 1. The average Bonchev–Trinajstić information content (AvgIpc) is 2.89. The molecule has 96 valence electrons. The molecule has 0 aliphatic heterocycles. The van der Waals surface area contributed by atoms with Crippen LogP contribution in [0.2, 0.25) is 0 Å². The molecule has 9 nitrogen and oxygen atoms in total. The third kappa shape index (κ3) is 2.69. The number of nitrogen functional groups attached to an aromatic ring is 1. The van der Waals surface area contributed by atoms with E-state index in [1.807, 2.05) is 11.9 Å². The molecule has 2 N–H and O–H groups in total. The molecule has 9 heteroatoms. The highest BCUT2D eigenvalue weighted by atomic mass is 16.5. The number of hydrogen-bond acceptors (Lipinski definition) is 8. The van der Waals surface area contributed by atoms with Gasteiger partial charge < -0.3 is 15.4 Å². The average molecular weight is 250 g/mol. The van der Waals surface area contributed by atoms with Gasteiger partial charge in [-0.3, -0.25) is 0 Å². The van der Waals surface area contributed by atoms with Gasteiger partial charge >= 0.3 is 0 Å². The molecule has 0 saturated heterocycles. The molecule has 2 aromatic heterocycles. The van der Waals surface area contributed by atoms with Crippen LogP contribution < -0.4 is 10.6 Å². The molecule has 2 aromatic rings. The second kappa shape index (κ2) is 5.36. The van der Waals surface area contributed by atoms with E-state index in [1.165, 1.54) is 17.3 Å². The highest BCUT2D eigenvalue weighted by Gasteiger charge is 2.10. The topological polar surface area (TPSA) is 108 Å². The zero-order valence-electron chi connectivity index (χ0n) is 10.2. The minimum Gasteiger partial charge on any atom is -0.383 e. The summed E-state index contributed by atoms with van der Waals surface area (Å²) in [6.45, 7) is 1.22. The first kappa shape index (κ1) is 12.2. The van der Waals surface area contributed by atoms with E-state index in [0.29, 0.717) is 25.0 Å². The third-order valence-electron chi connectivity index (χ3n) is 2.23. The molecule has 2 heterocycles. The fourth-order valence-electron chi connectivity index (χ4n) is 1.28. The van der Waals surface area contributed by atoms with Crippen LogP contribution in [-0.4, -0.2) is 57.0 Å². The Morgan fingerprint density at radius 1 is 1.39 bits per heavy atom. The van der Waals surface area contributed by atoms with E-state index >= 15 is 0 Å².